The van der Waals surface area contributed by atoms with E-state index in [4.69, 9.17) is 9.47 Å². The lowest BCUT2D eigenvalue weighted by Crippen LogP contribution is -2.28. The van der Waals surface area contributed by atoms with Crippen LogP contribution in [0, 0.1) is 0 Å². The Balaban J connectivity index is 3.55. The van der Waals surface area contributed by atoms with E-state index >= 15 is 0 Å². The molecule has 0 aliphatic carbocycles. The van der Waals surface area contributed by atoms with E-state index in [1.54, 1.807) is 0 Å². The van der Waals surface area contributed by atoms with E-state index in [9.17, 15) is 14.7 Å². The van der Waals surface area contributed by atoms with Gasteiger partial charge in [-0.25, -0.2) is 0 Å². The van der Waals surface area contributed by atoms with Crippen LogP contribution in [0.15, 0.2) is 85.1 Å². The summed E-state index contributed by atoms with van der Waals surface area (Å²) in [5, 5.41) is 9.63. The van der Waals surface area contributed by atoms with Crippen LogP contribution in [0.4, 0.5) is 0 Å². The van der Waals surface area contributed by atoms with Gasteiger partial charge in [0, 0.05) is 12.8 Å². The number of esters is 2. The fourth-order valence-corrected chi connectivity index (χ4v) is 7.26. The van der Waals surface area contributed by atoms with E-state index in [0.717, 1.165) is 83.5 Å². The lowest BCUT2D eigenvalue weighted by molar-refractivity contribution is -0.161. The molecule has 5 nitrogen and oxygen atoms in total. The van der Waals surface area contributed by atoms with Crippen molar-refractivity contribution in [3.8, 4) is 0 Å². The number of unbranched alkanes of at least 4 members (excludes halogenated alkanes) is 25. The first-order valence-electron chi connectivity index (χ1n) is 26.1. The van der Waals surface area contributed by atoms with Crippen LogP contribution in [0.3, 0.4) is 0 Å². The Morgan fingerprint density at radius 3 is 1.06 bits per heavy atom. The van der Waals surface area contributed by atoms with Crippen molar-refractivity contribution in [3.05, 3.63) is 85.1 Å². The van der Waals surface area contributed by atoms with Crippen molar-refractivity contribution in [2.45, 2.75) is 251 Å². The highest BCUT2D eigenvalue weighted by molar-refractivity contribution is 5.70. The van der Waals surface area contributed by atoms with Crippen LogP contribution < -0.4 is 0 Å². The van der Waals surface area contributed by atoms with E-state index in [1.165, 1.54) is 135 Å². The van der Waals surface area contributed by atoms with E-state index in [0.29, 0.717) is 12.8 Å². The first-order valence-corrected chi connectivity index (χ1v) is 26.1. The lowest BCUT2D eigenvalue weighted by atomic mass is 10.1. The van der Waals surface area contributed by atoms with Crippen LogP contribution in [0.25, 0.3) is 0 Å². The number of allylic oxidation sites excluding steroid dienone is 14. The summed E-state index contributed by atoms with van der Waals surface area (Å²) in [7, 11) is 0. The third kappa shape index (κ3) is 49.7. The number of ether oxygens (including phenoxy) is 2. The number of hydrogen-bond donors (Lipinski definition) is 1. The topological polar surface area (TPSA) is 72.8 Å². The van der Waals surface area contributed by atoms with Gasteiger partial charge in [-0.15, -0.1) is 0 Å². The van der Waals surface area contributed by atoms with Crippen LogP contribution in [0.1, 0.15) is 245 Å². The van der Waals surface area contributed by atoms with E-state index in [-0.39, 0.29) is 25.2 Å². The lowest BCUT2D eigenvalue weighted by Gasteiger charge is -2.15. The van der Waals surface area contributed by atoms with Gasteiger partial charge in [0.05, 0.1) is 6.61 Å². The first-order chi connectivity index (χ1) is 30.6. The second kappa shape index (κ2) is 52.4. The van der Waals surface area contributed by atoms with Crippen LogP contribution in [0.5, 0.6) is 0 Å². The summed E-state index contributed by atoms with van der Waals surface area (Å²) in [4.78, 5) is 24.5. The molecule has 0 aliphatic rings. The maximum atomic E-state index is 12.3. The molecule has 0 fully saturated rings. The molecular weight excluding hydrogens is 765 g/mol. The van der Waals surface area contributed by atoms with Crippen molar-refractivity contribution in [1.82, 2.24) is 0 Å². The normalized spacial score (nSPS) is 12.9. The van der Waals surface area contributed by atoms with E-state index in [1.807, 2.05) is 0 Å². The van der Waals surface area contributed by atoms with Gasteiger partial charge in [-0.1, -0.05) is 227 Å². The molecule has 0 radical (unpaired) electrons. The molecule has 0 saturated carbocycles. The van der Waals surface area contributed by atoms with Gasteiger partial charge in [0.2, 0.25) is 0 Å². The number of rotatable bonds is 47. The molecule has 0 aromatic rings. The standard InChI is InChI=1S/C57H98O5/c1-3-5-7-9-11-13-15-17-19-21-23-25-26-27-28-29-30-32-34-36-38-40-42-44-46-48-50-52-57(60)62-55(53-58)54-61-56(59)51-49-47-45-43-41-39-37-35-33-31-24-22-20-18-16-14-12-10-8-6-4-2/h5,7,11,13,17,19,22-25,27-28,30,32,55,58H,3-4,6,8-10,12,14-16,18,20-21,26,29,31,33-54H2,1-2H3/b7-5-,13-11-,19-17-,24-22-,25-23-,28-27-,32-30-. The summed E-state index contributed by atoms with van der Waals surface area (Å²) in [6.45, 7) is 4.03. The summed E-state index contributed by atoms with van der Waals surface area (Å²) >= 11 is 0. The van der Waals surface area contributed by atoms with Gasteiger partial charge in [-0.05, 0) is 89.9 Å². The Bertz CT molecular complexity index is 1160. The van der Waals surface area contributed by atoms with Crippen molar-refractivity contribution >= 4 is 11.9 Å². The molecule has 0 bridgehead atoms. The molecule has 0 spiro atoms. The molecule has 0 saturated heterocycles. The number of carbonyl (C=O) groups excluding carboxylic acids is 2. The SMILES string of the molecule is CC/C=C\C/C=C\C/C=C\C/C=C\C/C=C\C/C=C\CCCCCCCCCCC(=O)OC(CO)COC(=O)CCCCCCCCCCC/C=C\CCCCCCCCCC. The summed E-state index contributed by atoms with van der Waals surface area (Å²) < 4.78 is 10.7. The van der Waals surface area contributed by atoms with Crippen molar-refractivity contribution in [2.75, 3.05) is 13.2 Å². The summed E-state index contributed by atoms with van der Waals surface area (Å²) in [6, 6.07) is 0. The van der Waals surface area contributed by atoms with Gasteiger partial charge >= 0.3 is 11.9 Å². The van der Waals surface area contributed by atoms with E-state index in [2.05, 4.69) is 98.9 Å². The molecule has 1 N–H and O–H groups in total. The van der Waals surface area contributed by atoms with Crippen LogP contribution in [-0.4, -0.2) is 36.4 Å². The third-order valence-electron chi connectivity index (χ3n) is 11.2. The van der Waals surface area contributed by atoms with Gasteiger partial charge in [-0.3, -0.25) is 9.59 Å². The number of hydrogen-bond acceptors (Lipinski definition) is 5. The highest BCUT2D eigenvalue weighted by Gasteiger charge is 2.16. The highest BCUT2D eigenvalue weighted by Crippen LogP contribution is 2.15. The van der Waals surface area contributed by atoms with E-state index < -0.39 is 6.10 Å². The monoisotopic (exact) mass is 863 g/mol. The molecule has 0 aliphatic heterocycles. The molecule has 356 valence electrons. The predicted molar refractivity (Wildman–Crippen MR) is 269 cm³/mol. The minimum atomic E-state index is -0.782. The molecular formula is C57H98O5. The quantitative estimate of drug-likeness (QED) is 0.0375. The number of aliphatic hydroxyl groups excluding tert-OH is 1. The number of carbonyl (C=O) groups is 2. The molecule has 0 aromatic heterocycles. The van der Waals surface area contributed by atoms with Gasteiger partial charge < -0.3 is 14.6 Å². The first kappa shape index (κ1) is 59.1. The Kier molecular flexibility index (Phi) is 50.0. The van der Waals surface area contributed by atoms with Crippen molar-refractivity contribution in [3.63, 3.8) is 0 Å². The van der Waals surface area contributed by atoms with Gasteiger partial charge in [-0.2, -0.15) is 0 Å². The third-order valence-corrected chi connectivity index (χ3v) is 11.2. The average Bonchev–Trinajstić information content (AvgIpc) is 3.28. The zero-order valence-corrected chi connectivity index (χ0v) is 40.6. The largest absolute Gasteiger partial charge is 0.462 e. The predicted octanol–water partition coefficient (Wildman–Crippen LogP) is 17.4. The average molecular weight is 863 g/mol. The van der Waals surface area contributed by atoms with Gasteiger partial charge in [0.1, 0.15) is 6.61 Å². The van der Waals surface area contributed by atoms with Crippen LogP contribution in [0.2, 0.25) is 0 Å². The maximum Gasteiger partial charge on any atom is 0.306 e. The number of aliphatic hydroxyl groups is 1. The van der Waals surface area contributed by atoms with Crippen molar-refractivity contribution < 1.29 is 24.2 Å². The van der Waals surface area contributed by atoms with Crippen LogP contribution >= 0.6 is 0 Å². The second-order valence-corrected chi connectivity index (χ2v) is 17.2. The minimum Gasteiger partial charge on any atom is -0.462 e. The van der Waals surface area contributed by atoms with Crippen LogP contribution in [-0.2, 0) is 19.1 Å². The van der Waals surface area contributed by atoms with Crippen molar-refractivity contribution in [1.29, 1.82) is 0 Å². The second-order valence-electron chi connectivity index (χ2n) is 17.2. The summed E-state index contributed by atoms with van der Waals surface area (Å²) in [5.74, 6) is -0.601. The molecule has 0 aromatic carbocycles. The Labute approximate surface area is 384 Å². The fourth-order valence-electron chi connectivity index (χ4n) is 7.26. The zero-order chi connectivity index (χ0) is 44.9. The fraction of sp³-hybridized carbons (Fsp3) is 0.719. The highest BCUT2D eigenvalue weighted by atomic mass is 16.6. The Hall–Kier alpha value is -2.92. The smallest absolute Gasteiger partial charge is 0.306 e. The van der Waals surface area contributed by atoms with Crippen molar-refractivity contribution in [2.24, 2.45) is 0 Å². The Morgan fingerprint density at radius 2 is 0.694 bits per heavy atom. The summed E-state index contributed by atoms with van der Waals surface area (Å²) in [5.41, 5.74) is 0. The van der Waals surface area contributed by atoms with Gasteiger partial charge in [0.25, 0.3) is 0 Å². The molecule has 0 rings (SSSR count). The maximum absolute atomic E-state index is 12.3. The van der Waals surface area contributed by atoms with Gasteiger partial charge in [0.15, 0.2) is 6.10 Å². The molecule has 0 heterocycles. The molecule has 1 atom stereocenters. The molecule has 62 heavy (non-hydrogen) atoms. The molecule has 1 unspecified atom stereocenters. The molecule has 0 amide bonds. The zero-order valence-electron chi connectivity index (χ0n) is 40.6. The molecule has 5 heteroatoms. The Morgan fingerprint density at radius 1 is 0.387 bits per heavy atom. The minimum absolute atomic E-state index is 0.0732. The summed E-state index contributed by atoms with van der Waals surface area (Å²) in [6.07, 6.45) is 72.4.